The molecule has 0 unspecified atom stereocenters. The van der Waals surface area contributed by atoms with Crippen LogP contribution in [0.3, 0.4) is 0 Å². The first-order chi connectivity index (χ1) is 8.43. The van der Waals surface area contributed by atoms with E-state index in [0.29, 0.717) is 15.7 Å². The van der Waals surface area contributed by atoms with Crippen molar-refractivity contribution < 1.29 is 8.42 Å². The van der Waals surface area contributed by atoms with Crippen molar-refractivity contribution in [3.8, 4) is 0 Å². The van der Waals surface area contributed by atoms with Gasteiger partial charge in [0.25, 0.3) is 10.0 Å². The molecule has 0 atom stereocenters. The van der Waals surface area contributed by atoms with Gasteiger partial charge in [-0.25, -0.2) is 8.42 Å². The summed E-state index contributed by atoms with van der Waals surface area (Å²) < 4.78 is 26.3. The number of hydrogen-bond donors (Lipinski definition) is 1. The highest BCUT2D eigenvalue weighted by molar-refractivity contribution is 7.94. The first kappa shape index (κ1) is 13.1. The maximum absolute atomic E-state index is 12.3. The van der Waals surface area contributed by atoms with Crippen molar-refractivity contribution in [2.75, 3.05) is 17.1 Å². The number of nitrogens with two attached hydrogens (primary N) is 1. The fraction of sp³-hybridized carbons (Fsp3) is 0.100. The van der Waals surface area contributed by atoms with E-state index in [4.69, 9.17) is 17.3 Å². The van der Waals surface area contributed by atoms with E-state index in [9.17, 15) is 8.42 Å². The van der Waals surface area contributed by atoms with Gasteiger partial charge in [-0.2, -0.15) is 0 Å². The topological polar surface area (TPSA) is 76.3 Å². The largest absolute Gasteiger partial charge is 0.396 e. The number of rotatable bonds is 3. The van der Waals surface area contributed by atoms with Crippen molar-refractivity contribution in [3.05, 3.63) is 34.9 Å². The van der Waals surface area contributed by atoms with Crippen LogP contribution in [-0.2, 0) is 10.0 Å². The zero-order chi connectivity index (χ0) is 13.3. The number of nitrogen functional groups attached to an aromatic ring is 1. The number of halogens is 1. The van der Waals surface area contributed by atoms with Crippen LogP contribution in [0.15, 0.2) is 34.8 Å². The first-order valence-electron chi connectivity index (χ1n) is 4.86. The quantitative estimate of drug-likeness (QED) is 0.943. The molecule has 0 spiro atoms. The Morgan fingerprint density at radius 3 is 2.67 bits per heavy atom. The average Bonchev–Trinajstić information content (AvgIpc) is 2.76. The van der Waals surface area contributed by atoms with Gasteiger partial charge in [0.05, 0.1) is 21.9 Å². The van der Waals surface area contributed by atoms with Crippen LogP contribution in [0.25, 0.3) is 0 Å². The van der Waals surface area contributed by atoms with Gasteiger partial charge in [0, 0.05) is 13.2 Å². The molecule has 2 rings (SSSR count). The highest BCUT2D eigenvalue weighted by atomic mass is 35.5. The number of aromatic nitrogens is 1. The van der Waals surface area contributed by atoms with Crippen molar-refractivity contribution in [2.24, 2.45) is 0 Å². The van der Waals surface area contributed by atoms with E-state index in [0.717, 1.165) is 15.6 Å². The van der Waals surface area contributed by atoms with Crippen LogP contribution in [0, 0.1) is 0 Å². The molecule has 18 heavy (non-hydrogen) atoms. The summed E-state index contributed by atoms with van der Waals surface area (Å²) in [7, 11) is -2.19. The monoisotopic (exact) mass is 303 g/mol. The minimum absolute atomic E-state index is 0.172. The third kappa shape index (κ3) is 2.29. The lowest BCUT2D eigenvalue weighted by Crippen LogP contribution is -2.26. The number of nitrogens with zero attached hydrogens (tertiary/aromatic N) is 2. The molecule has 2 aromatic heterocycles. The van der Waals surface area contributed by atoms with Crippen molar-refractivity contribution in [1.82, 2.24) is 4.98 Å². The molecule has 5 nitrogen and oxygen atoms in total. The Balaban J connectivity index is 2.46. The highest BCUT2D eigenvalue weighted by Gasteiger charge is 2.24. The van der Waals surface area contributed by atoms with Crippen LogP contribution in [0.2, 0.25) is 4.34 Å². The summed E-state index contributed by atoms with van der Waals surface area (Å²) in [6.45, 7) is 0. The van der Waals surface area contributed by atoms with E-state index in [1.165, 1.54) is 25.5 Å². The lowest BCUT2D eigenvalue weighted by Gasteiger charge is -2.19. The third-order valence-corrected chi connectivity index (χ3v) is 5.80. The molecule has 0 radical (unpaired) electrons. The molecule has 0 saturated heterocycles. The van der Waals surface area contributed by atoms with E-state index in [2.05, 4.69) is 4.98 Å². The molecule has 0 saturated carbocycles. The molecule has 2 heterocycles. The number of thiophene rings is 1. The maximum atomic E-state index is 12.3. The summed E-state index contributed by atoms with van der Waals surface area (Å²) in [6, 6.07) is 4.56. The van der Waals surface area contributed by atoms with Gasteiger partial charge in [0.1, 0.15) is 4.21 Å². The molecular weight excluding hydrogens is 294 g/mol. The lowest BCUT2D eigenvalue weighted by molar-refractivity contribution is 0.596. The van der Waals surface area contributed by atoms with Gasteiger partial charge in [0.15, 0.2) is 0 Å². The third-order valence-electron chi connectivity index (χ3n) is 2.33. The van der Waals surface area contributed by atoms with Gasteiger partial charge in [-0.05, 0) is 18.2 Å². The van der Waals surface area contributed by atoms with Crippen molar-refractivity contribution in [1.29, 1.82) is 0 Å². The second kappa shape index (κ2) is 4.75. The van der Waals surface area contributed by atoms with Crippen LogP contribution < -0.4 is 10.0 Å². The summed E-state index contributed by atoms with van der Waals surface area (Å²) in [6.07, 6.45) is 2.89. The fourth-order valence-corrected chi connectivity index (χ4v) is 4.26. The number of sulfonamides is 1. The standard InChI is InChI=1S/C10H10ClN3O2S2/c1-14(8-4-5-13-6-7(8)12)18(15,16)10-3-2-9(11)17-10/h2-6H,12H2,1H3. The Kier molecular flexibility index (Phi) is 3.47. The molecule has 0 aliphatic carbocycles. The lowest BCUT2D eigenvalue weighted by atomic mass is 10.3. The molecular formula is C10H10ClN3O2S2. The van der Waals surface area contributed by atoms with Crippen molar-refractivity contribution in [2.45, 2.75) is 4.21 Å². The average molecular weight is 304 g/mol. The molecule has 2 aromatic rings. The zero-order valence-corrected chi connectivity index (χ0v) is 11.8. The number of hydrogen-bond acceptors (Lipinski definition) is 5. The van der Waals surface area contributed by atoms with Crippen molar-refractivity contribution >= 4 is 44.3 Å². The Labute approximate surface area is 114 Å². The van der Waals surface area contributed by atoms with E-state index in [1.54, 1.807) is 12.1 Å². The SMILES string of the molecule is CN(c1ccncc1N)S(=O)(=O)c1ccc(Cl)s1. The van der Waals surface area contributed by atoms with Gasteiger partial charge in [-0.1, -0.05) is 11.6 Å². The molecule has 0 aromatic carbocycles. The van der Waals surface area contributed by atoms with Gasteiger partial charge in [-0.15, -0.1) is 11.3 Å². The summed E-state index contributed by atoms with van der Waals surface area (Å²) in [5, 5.41) is 0. The molecule has 0 aliphatic heterocycles. The molecule has 0 fully saturated rings. The normalized spacial score (nSPS) is 11.4. The first-order valence-corrected chi connectivity index (χ1v) is 7.50. The molecule has 0 aliphatic rings. The molecule has 96 valence electrons. The van der Waals surface area contributed by atoms with E-state index >= 15 is 0 Å². The van der Waals surface area contributed by atoms with Gasteiger partial charge >= 0.3 is 0 Å². The predicted octanol–water partition coefficient (Wildman–Crippen LogP) is 2.20. The van der Waals surface area contributed by atoms with Crippen LogP contribution >= 0.6 is 22.9 Å². The summed E-state index contributed by atoms with van der Waals surface area (Å²) in [4.78, 5) is 3.82. The second-order valence-electron chi connectivity index (χ2n) is 3.47. The van der Waals surface area contributed by atoms with E-state index < -0.39 is 10.0 Å². The van der Waals surface area contributed by atoms with Crippen LogP contribution in [0.5, 0.6) is 0 Å². The van der Waals surface area contributed by atoms with E-state index in [1.807, 2.05) is 0 Å². The summed E-state index contributed by atoms with van der Waals surface area (Å²) in [5.74, 6) is 0. The molecule has 0 bridgehead atoms. The Hall–Kier alpha value is -1.31. The minimum atomic E-state index is -3.63. The smallest absolute Gasteiger partial charge is 0.273 e. The fourth-order valence-electron chi connectivity index (χ4n) is 1.39. The molecule has 2 N–H and O–H groups in total. The number of anilines is 2. The van der Waals surface area contributed by atoms with Gasteiger partial charge < -0.3 is 5.73 Å². The van der Waals surface area contributed by atoms with Gasteiger partial charge in [-0.3, -0.25) is 9.29 Å². The Morgan fingerprint density at radius 1 is 1.39 bits per heavy atom. The summed E-state index contributed by atoms with van der Waals surface area (Å²) >= 11 is 6.75. The zero-order valence-electron chi connectivity index (χ0n) is 9.37. The number of pyridine rings is 1. The maximum Gasteiger partial charge on any atom is 0.273 e. The van der Waals surface area contributed by atoms with Crippen LogP contribution in [0.1, 0.15) is 0 Å². The Bertz CT molecular complexity index is 669. The van der Waals surface area contributed by atoms with E-state index in [-0.39, 0.29) is 4.21 Å². The highest BCUT2D eigenvalue weighted by Crippen LogP contribution is 2.31. The van der Waals surface area contributed by atoms with Gasteiger partial charge in [0.2, 0.25) is 0 Å². The molecule has 0 amide bonds. The van der Waals surface area contributed by atoms with Crippen LogP contribution in [-0.4, -0.2) is 20.4 Å². The van der Waals surface area contributed by atoms with Crippen molar-refractivity contribution in [3.63, 3.8) is 0 Å². The van der Waals surface area contributed by atoms with Crippen LogP contribution in [0.4, 0.5) is 11.4 Å². The molecule has 8 heteroatoms. The second-order valence-corrected chi connectivity index (χ2v) is 7.38. The minimum Gasteiger partial charge on any atom is -0.396 e. The summed E-state index contributed by atoms with van der Waals surface area (Å²) in [5.41, 5.74) is 6.39. The Morgan fingerprint density at radius 2 is 2.11 bits per heavy atom. The predicted molar refractivity (Wildman–Crippen MR) is 73.6 cm³/mol.